The predicted molar refractivity (Wildman–Crippen MR) is 105 cm³/mol. The third-order valence-electron chi connectivity index (χ3n) is 5.51. The van der Waals surface area contributed by atoms with Crippen LogP contribution >= 0.6 is 11.8 Å². The van der Waals surface area contributed by atoms with E-state index in [9.17, 15) is 9.59 Å². The molecule has 0 bridgehead atoms. The first kappa shape index (κ1) is 19.2. The van der Waals surface area contributed by atoms with Gasteiger partial charge in [-0.1, -0.05) is 13.0 Å². The molecule has 0 aromatic carbocycles. The van der Waals surface area contributed by atoms with Gasteiger partial charge in [0.1, 0.15) is 0 Å². The Morgan fingerprint density at radius 2 is 2.19 bits per heavy atom. The molecular weight excluding hydrogens is 346 g/mol. The maximum absolute atomic E-state index is 12.6. The minimum Gasteiger partial charge on any atom is -0.342 e. The third kappa shape index (κ3) is 4.78. The van der Waals surface area contributed by atoms with E-state index in [1.165, 1.54) is 0 Å². The number of piperidine rings is 2. The maximum atomic E-state index is 12.6. The summed E-state index contributed by atoms with van der Waals surface area (Å²) in [6, 6.07) is 5.82. The van der Waals surface area contributed by atoms with Crippen molar-refractivity contribution in [2.75, 3.05) is 31.1 Å². The first-order valence-corrected chi connectivity index (χ1v) is 10.8. The van der Waals surface area contributed by atoms with Crippen molar-refractivity contribution in [1.82, 2.24) is 14.8 Å². The van der Waals surface area contributed by atoms with E-state index in [1.807, 2.05) is 34.9 Å². The topological polar surface area (TPSA) is 53.5 Å². The molecule has 2 amide bonds. The number of nitrogens with zero attached hydrogens (tertiary/aromatic N) is 3. The standard InChI is InChI=1S/C20H29N3O2S/c1-2-26-13-8-19(25)22-12-5-9-20(15-22)10-7-18(24)23(16-20)14-17-6-3-4-11-21-17/h3-4,6,11H,2,5,7-10,12-16H2,1H3. The minimum atomic E-state index is 0.0640. The molecule has 142 valence electrons. The van der Waals surface area contributed by atoms with Crippen LogP contribution in [0.3, 0.4) is 0 Å². The Bertz CT molecular complexity index is 625. The van der Waals surface area contributed by atoms with Crippen molar-refractivity contribution in [2.24, 2.45) is 5.41 Å². The van der Waals surface area contributed by atoms with Gasteiger partial charge in [-0.15, -0.1) is 0 Å². The second-order valence-corrected chi connectivity index (χ2v) is 8.83. The highest BCUT2D eigenvalue weighted by Crippen LogP contribution is 2.39. The Morgan fingerprint density at radius 3 is 2.96 bits per heavy atom. The Labute approximate surface area is 160 Å². The van der Waals surface area contributed by atoms with Gasteiger partial charge in [0, 0.05) is 49.8 Å². The summed E-state index contributed by atoms with van der Waals surface area (Å²) < 4.78 is 0. The van der Waals surface area contributed by atoms with E-state index in [1.54, 1.807) is 6.20 Å². The van der Waals surface area contributed by atoms with E-state index in [4.69, 9.17) is 0 Å². The van der Waals surface area contributed by atoms with Crippen LogP contribution in [0.4, 0.5) is 0 Å². The van der Waals surface area contributed by atoms with Crippen molar-refractivity contribution in [1.29, 1.82) is 0 Å². The molecule has 2 aliphatic rings. The van der Waals surface area contributed by atoms with E-state index in [0.717, 1.165) is 56.1 Å². The number of carbonyl (C=O) groups is 2. The second-order valence-electron chi connectivity index (χ2n) is 7.44. The van der Waals surface area contributed by atoms with Crippen LogP contribution in [-0.2, 0) is 16.1 Å². The van der Waals surface area contributed by atoms with Crippen molar-refractivity contribution in [3.05, 3.63) is 30.1 Å². The van der Waals surface area contributed by atoms with Crippen LogP contribution in [0.15, 0.2) is 24.4 Å². The number of aromatic nitrogens is 1. The van der Waals surface area contributed by atoms with Gasteiger partial charge in [0.2, 0.25) is 11.8 Å². The zero-order chi connectivity index (χ0) is 18.4. The van der Waals surface area contributed by atoms with Crippen molar-refractivity contribution in [3.63, 3.8) is 0 Å². The SMILES string of the molecule is CCSCCC(=O)N1CCCC2(CCC(=O)N(Cc3ccccn3)C2)C1. The van der Waals surface area contributed by atoms with Crippen LogP contribution in [0.1, 0.15) is 44.7 Å². The predicted octanol–water partition coefficient (Wildman–Crippen LogP) is 2.96. The maximum Gasteiger partial charge on any atom is 0.223 e. The largest absolute Gasteiger partial charge is 0.342 e. The molecule has 0 radical (unpaired) electrons. The van der Waals surface area contributed by atoms with Gasteiger partial charge in [0.25, 0.3) is 0 Å². The van der Waals surface area contributed by atoms with E-state index in [-0.39, 0.29) is 17.2 Å². The molecule has 1 aromatic heterocycles. The molecule has 2 fully saturated rings. The van der Waals surface area contributed by atoms with Crippen LogP contribution < -0.4 is 0 Å². The number of rotatable bonds is 6. The van der Waals surface area contributed by atoms with E-state index in [2.05, 4.69) is 16.8 Å². The summed E-state index contributed by atoms with van der Waals surface area (Å²) in [5, 5.41) is 0. The van der Waals surface area contributed by atoms with Gasteiger partial charge >= 0.3 is 0 Å². The highest BCUT2D eigenvalue weighted by atomic mass is 32.2. The van der Waals surface area contributed by atoms with Gasteiger partial charge in [-0.3, -0.25) is 14.6 Å². The summed E-state index contributed by atoms with van der Waals surface area (Å²) in [5.41, 5.74) is 0.993. The number of likely N-dealkylation sites (tertiary alicyclic amines) is 2. The van der Waals surface area contributed by atoms with Crippen LogP contribution in [0, 0.1) is 5.41 Å². The zero-order valence-electron chi connectivity index (χ0n) is 15.7. The average molecular weight is 376 g/mol. The van der Waals surface area contributed by atoms with Gasteiger partial charge in [0.05, 0.1) is 12.2 Å². The molecule has 3 heterocycles. The van der Waals surface area contributed by atoms with Gasteiger partial charge < -0.3 is 9.80 Å². The molecule has 2 saturated heterocycles. The number of amides is 2. The quantitative estimate of drug-likeness (QED) is 0.718. The van der Waals surface area contributed by atoms with Gasteiger partial charge in [-0.2, -0.15) is 11.8 Å². The highest BCUT2D eigenvalue weighted by molar-refractivity contribution is 7.99. The molecule has 26 heavy (non-hydrogen) atoms. The Morgan fingerprint density at radius 1 is 1.31 bits per heavy atom. The van der Waals surface area contributed by atoms with Gasteiger partial charge in [-0.25, -0.2) is 0 Å². The number of hydrogen-bond acceptors (Lipinski definition) is 4. The summed E-state index contributed by atoms with van der Waals surface area (Å²) >= 11 is 1.82. The Kier molecular flexibility index (Phi) is 6.57. The summed E-state index contributed by atoms with van der Waals surface area (Å²) in [7, 11) is 0. The molecule has 0 saturated carbocycles. The van der Waals surface area contributed by atoms with Crippen LogP contribution in [0.5, 0.6) is 0 Å². The lowest BCUT2D eigenvalue weighted by Gasteiger charge is -2.48. The molecule has 6 heteroatoms. The second kappa shape index (κ2) is 8.89. The molecule has 0 aliphatic carbocycles. The van der Waals surface area contributed by atoms with Crippen LogP contribution in [0.25, 0.3) is 0 Å². The minimum absolute atomic E-state index is 0.0640. The van der Waals surface area contributed by atoms with Crippen molar-refractivity contribution in [2.45, 2.75) is 45.6 Å². The summed E-state index contributed by atoms with van der Waals surface area (Å²) in [6.45, 7) is 5.11. The number of carbonyl (C=O) groups excluding carboxylic acids is 2. The van der Waals surface area contributed by atoms with E-state index >= 15 is 0 Å². The molecule has 1 spiro atoms. The number of hydrogen-bond donors (Lipinski definition) is 0. The normalized spacial score (nSPS) is 23.5. The van der Waals surface area contributed by atoms with Crippen molar-refractivity contribution >= 4 is 23.6 Å². The Balaban J connectivity index is 1.62. The van der Waals surface area contributed by atoms with E-state index in [0.29, 0.717) is 19.4 Å². The lowest BCUT2D eigenvalue weighted by molar-refractivity contribution is -0.143. The molecule has 5 nitrogen and oxygen atoms in total. The van der Waals surface area contributed by atoms with Crippen LogP contribution in [0.2, 0.25) is 0 Å². The molecule has 1 unspecified atom stereocenters. The number of pyridine rings is 1. The van der Waals surface area contributed by atoms with Crippen molar-refractivity contribution < 1.29 is 9.59 Å². The van der Waals surface area contributed by atoms with E-state index < -0.39 is 0 Å². The third-order valence-corrected chi connectivity index (χ3v) is 6.41. The summed E-state index contributed by atoms with van der Waals surface area (Å²) in [6.07, 6.45) is 6.03. The van der Waals surface area contributed by atoms with Gasteiger partial charge in [-0.05, 0) is 37.1 Å². The fourth-order valence-electron chi connectivity index (χ4n) is 4.15. The fourth-order valence-corrected chi connectivity index (χ4v) is 4.76. The monoisotopic (exact) mass is 375 g/mol. The van der Waals surface area contributed by atoms with Crippen molar-refractivity contribution in [3.8, 4) is 0 Å². The molecule has 0 N–H and O–H groups in total. The van der Waals surface area contributed by atoms with Crippen LogP contribution in [-0.4, -0.2) is 57.7 Å². The number of thioether (sulfide) groups is 1. The Hall–Kier alpha value is -1.56. The first-order chi connectivity index (χ1) is 12.6. The summed E-state index contributed by atoms with van der Waals surface area (Å²) in [5.74, 6) is 2.45. The molecule has 3 rings (SSSR count). The molecule has 1 aromatic rings. The lowest BCUT2D eigenvalue weighted by atomic mass is 9.73. The molecule has 2 aliphatic heterocycles. The van der Waals surface area contributed by atoms with Gasteiger partial charge in [0.15, 0.2) is 0 Å². The lowest BCUT2D eigenvalue weighted by Crippen LogP contribution is -2.54. The molecular formula is C20H29N3O2S. The fraction of sp³-hybridized carbons (Fsp3) is 0.650. The zero-order valence-corrected chi connectivity index (χ0v) is 16.5. The highest BCUT2D eigenvalue weighted by Gasteiger charge is 2.42. The summed E-state index contributed by atoms with van der Waals surface area (Å²) in [4.78, 5) is 33.4. The first-order valence-electron chi connectivity index (χ1n) is 9.65. The smallest absolute Gasteiger partial charge is 0.223 e. The molecule has 1 atom stereocenters. The average Bonchev–Trinajstić information content (AvgIpc) is 2.66.